The van der Waals surface area contributed by atoms with Gasteiger partial charge in [0.1, 0.15) is 9.84 Å². The molecule has 0 aromatic heterocycles. The summed E-state index contributed by atoms with van der Waals surface area (Å²) in [5, 5.41) is 3.26. The highest BCUT2D eigenvalue weighted by molar-refractivity contribution is 7.90. The van der Waals surface area contributed by atoms with Crippen LogP contribution in [-0.2, 0) is 9.84 Å². The van der Waals surface area contributed by atoms with Gasteiger partial charge in [-0.2, -0.15) is 0 Å². The van der Waals surface area contributed by atoms with Crippen LogP contribution in [0.2, 0.25) is 0 Å². The Morgan fingerprint density at radius 2 is 1.93 bits per heavy atom. The van der Waals surface area contributed by atoms with E-state index in [1.165, 1.54) is 6.26 Å². The van der Waals surface area contributed by atoms with Gasteiger partial charge in [-0.15, -0.1) is 11.6 Å². The summed E-state index contributed by atoms with van der Waals surface area (Å²) in [6.45, 7) is 5.93. The van der Waals surface area contributed by atoms with E-state index in [1.54, 1.807) is 0 Å². The van der Waals surface area contributed by atoms with Gasteiger partial charge in [-0.25, -0.2) is 8.42 Å². The van der Waals surface area contributed by atoms with E-state index in [-0.39, 0.29) is 11.2 Å². The molecule has 0 unspecified atom stereocenters. The van der Waals surface area contributed by atoms with Crippen LogP contribution in [0.15, 0.2) is 0 Å². The first-order chi connectivity index (χ1) is 6.77. The third-order valence-electron chi connectivity index (χ3n) is 2.24. The molecule has 0 rings (SSSR count). The monoisotopic (exact) mass is 255 g/mol. The average molecular weight is 256 g/mol. The van der Waals surface area contributed by atoms with Crippen LogP contribution in [0.3, 0.4) is 0 Å². The molecule has 0 aliphatic heterocycles. The van der Waals surface area contributed by atoms with Crippen LogP contribution in [0.5, 0.6) is 0 Å². The smallest absolute Gasteiger partial charge is 0.147 e. The van der Waals surface area contributed by atoms with Crippen LogP contribution in [0.1, 0.15) is 26.7 Å². The van der Waals surface area contributed by atoms with Gasteiger partial charge in [-0.05, 0) is 24.8 Å². The molecule has 0 saturated carbocycles. The fraction of sp³-hybridized carbons (Fsp3) is 1.00. The molecule has 0 bridgehead atoms. The van der Waals surface area contributed by atoms with Gasteiger partial charge in [0.05, 0.1) is 5.75 Å². The van der Waals surface area contributed by atoms with Gasteiger partial charge < -0.3 is 5.32 Å². The van der Waals surface area contributed by atoms with E-state index < -0.39 is 9.84 Å². The minimum absolute atomic E-state index is 0.187. The lowest BCUT2D eigenvalue weighted by molar-refractivity contribution is 0.331. The zero-order valence-corrected chi connectivity index (χ0v) is 11.4. The maximum Gasteiger partial charge on any atom is 0.147 e. The lowest BCUT2D eigenvalue weighted by Gasteiger charge is -2.23. The highest BCUT2D eigenvalue weighted by atomic mass is 35.5. The SMILES string of the molecule is CC(C)(CCCl)CNCCCS(C)(=O)=O. The van der Waals surface area contributed by atoms with Crippen molar-refractivity contribution >= 4 is 21.4 Å². The number of alkyl halides is 1. The number of halogens is 1. The second-order valence-electron chi connectivity index (χ2n) is 4.76. The molecular formula is C10H22ClNO2S. The lowest BCUT2D eigenvalue weighted by atomic mass is 9.90. The molecule has 0 fully saturated rings. The summed E-state index contributed by atoms with van der Waals surface area (Å²) in [5.41, 5.74) is 0.187. The summed E-state index contributed by atoms with van der Waals surface area (Å²) in [7, 11) is -2.81. The molecule has 15 heavy (non-hydrogen) atoms. The summed E-state index contributed by atoms with van der Waals surface area (Å²) < 4.78 is 21.7. The third kappa shape index (κ3) is 10.5. The van der Waals surface area contributed by atoms with Gasteiger partial charge >= 0.3 is 0 Å². The number of sulfone groups is 1. The largest absolute Gasteiger partial charge is 0.316 e. The number of rotatable bonds is 8. The summed E-state index contributed by atoms with van der Waals surface area (Å²) in [4.78, 5) is 0. The Kier molecular flexibility index (Phi) is 6.80. The first-order valence-corrected chi connectivity index (χ1v) is 7.81. The van der Waals surface area contributed by atoms with E-state index in [2.05, 4.69) is 19.2 Å². The fourth-order valence-corrected chi connectivity index (χ4v) is 2.41. The molecule has 0 aliphatic carbocycles. The molecular weight excluding hydrogens is 234 g/mol. The Balaban J connectivity index is 3.54. The topological polar surface area (TPSA) is 46.2 Å². The van der Waals surface area contributed by atoms with Crippen molar-refractivity contribution in [2.45, 2.75) is 26.7 Å². The van der Waals surface area contributed by atoms with E-state index in [0.717, 1.165) is 19.5 Å². The predicted octanol–water partition coefficient (Wildman–Crippen LogP) is 1.67. The van der Waals surface area contributed by atoms with Crippen LogP contribution in [-0.4, -0.2) is 39.4 Å². The maximum absolute atomic E-state index is 10.8. The summed E-state index contributed by atoms with van der Waals surface area (Å²) >= 11 is 5.68. The van der Waals surface area contributed by atoms with E-state index in [9.17, 15) is 8.42 Å². The summed E-state index contributed by atoms with van der Waals surface area (Å²) in [6, 6.07) is 0. The Hall–Kier alpha value is 0.200. The zero-order valence-electron chi connectivity index (χ0n) is 9.85. The van der Waals surface area contributed by atoms with Crippen molar-refractivity contribution < 1.29 is 8.42 Å². The highest BCUT2D eigenvalue weighted by Gasteiger charge is 2.15. The van der Waals surface area contributed by atoms with Crippen molar-refractivity contribution in [1.29, 1.82) is 0 Å². The first-order valence-electron chi connectivity index (χ1n) is 5.21. The standard InChI is InChI=1S/C10H22ClNO2S/c1-10(2,5-6-11)9-12-7-4-8-15(3,13)14/h12H,4-9H2,1-3H3. The molecule has 3 nitrogen and oxygen atoms in total. The molecule has 5 heteroatoms. The predicted molar refractivity (Wildman–Crippen MR) is 66.3 cm³/mol. The normalized spacial score (nSPS) is 13.1. The van der Waals surface area contributed by atoms with Crippen LogP contribution in [0, 0.1) is 5.41 Å². The van der Waals surface area contributed by atoms with Gasteiger partial charge in [-0.1, -0.05) is 13.8 Å². The molecule has 0 radical (unpaired) electrons. The van der Waals surface area contributed by atoms with Crippen LogP contribution in [0.25, 0.3) is 0 Å². The molecule has 0 heterocycles. The fourth-order valence-electron chi connectivity index (χ4n) is 1.23. The maximum atomic E-state index is 10.8. The molecule has 1 N–H and O–H groups in total. The molecule has 0 spiro atoms. The molecule has 0 amide bonds. The highest BCUT2D eigenvalue weighted by Crippen LogP contribution is 2.19. The van der Waals surface area contributed by atoms with Gasteiger partial charge in [0.2, 0.25) is 0 Å². The summed E-state index contributed by atoms with van der Waals surface area (Å²) in [5.74, 6) is 0.925. The van der Waals surface area contributed by atoms with Crippen molar-refractivity contribution in [2.75, 3.05) is 31.0 Å². The zero-order chi connectivity index (χ0) is 11.9. The quantitative estimate of drug-likeness (QED) is 0.530. The van der Waals surface area contributed by atoms with Crippen molar-refractivity contribution in [3.05, 3.63) is 0 Å². The first kappa shape index (κ1) is 15.2. The van der Waals surface area contributed by atoms with Crippen LogP contribution < -0.4 is 5.32 Å². The van der Waals surface area contributed by atoms with Gasteiger partial charge in [0, 0.05) is 18.7 Å². The molecule has 0 atom stereocenters. The van der Waals surface area contributed by atoms with Crippen molar-refractivity contribution in [2.24, 2.45) is 5.41 Å². The van der Waals surface area contributed by atoms with E-state index in [0.29, 0.717) is 12.3 Å². The third-order valence-corrected chi connectivity index (χ3v) is 3.46. The minimum atomic E-state index is -2.81. The molecule has 92 valence electrons. The second-order valence-corrected chi connectivity index (χ2v) is 7.40. The van der Waals surface area contributed by atoms with Gasteiger partial charge in [0.15, 0.2) is 0 Å². The number of hydrogen-bond acceptors (Lipinski definition) is 3. The van der Waals surface area contributed by atoms with Crippen molar-refractivity contribution in [3.63, 3.8) is 0 Å². The Labute approximate surface area is 98.5 Å². The average Bonchev–Trinajstić information content (AvgIpc) is 2.00. The second kappa shape index (κ2) is 6.71. The van der Waals surface area contributed by atoms with Crippen molar-refractivity contribution in [3.8, 4) is 0 Å². The van der Waals surface area contributed by atoms with Crippen molar-refractivity contribution in [1.82, 2.24) is 5.32 Å². The van der Waals surface area contributed by atoms with E-state index >= 15 is 0 Å². The lowest BCUT2D eigenvalue weighted by Crippen LogP contribution is -2.31. The molecule has 0 aromatic carbocycles. The summed E-state index contributed by atoms with van der Waals surface area (Å²) in [6.07, 6.45) is 2.91. The number of hydrogen-bond donors (Lipinski definition) is 1. The Morgan fingerprint density at radius 3 is 2.40 bits per heavy atom. The van der Waals surface area contributed by atoms with E-state index in [4.69, 9.17) is 11.6 Å². The molecule has 0 saturated heterocycles. The van der Waals surface area contributed by atoms with Crippen LogP contribution >= 0.6 is 11.6 Å². The van der Waals surface area contributed by atoms with E-state index in [1.807, 2.05) is 0 Å². The minimum Gasteiger partial charge on any atom is -0.316 e. The van der Waals surface area contributed by atoms with Gasteiger partial charge in [-0.3, -0.25) is 0 Å². The molecule has 0 aliphatic rings. The number of nitrogens with one attached hydrogen (secondary N) is 1. The molecule has 0 aromatic rings. The Morgan fingerprint density at radius 1 is 1.33 bits per heavy atom. The van der Waals surface area contributed by atoms with Gasteiger partial charge in [0.25, 0.3) is 0 Å². The Bertz CT molecular complexity index is 263. The van der Waals surface area contributed by atoms with Crippen LogP contribution in [0.4, 0.5) is 0 Å².